The van der Waals surface area contributed by atoms with Crippen molar-refractivity contribution < 1.29 is 4.74 Å². The van der Waals surface area contributed by atoms with Gasteiger partial charge in [0.25, 0.3) is 0 Å². The molecular formula is C12H19NOS. The molecule has 1 atom stereocenters. The monoisotopic (exact) mass is 225 g/mol. The van der Waals surface area contributed by atoms with Crippen molar-refractivity contribution in [3.05, 3.63) is 28.3 Å². The Morgan fingerprint density at radius 2 is 1.87 bits per heavy atom. The van der Waals surface area contributed by atoms with Gasteiger partial charge in [0.15, 0.2) is 0 Å². The van der Waals surface area contributed by atoms with Gasteiger partial charge in [-0.05, 0) is 56.1 Å². The SMILES string of the molecule is CNC(S)c1cc(C)c(OC)c(C)c1C. The first-order chi connectivity index (χ1) is 7.02. The van der Waals surface area contributed by atoms with Crippen LogP contribution in [0.1, 0.15) is 27.6 Å². The molecule has 0 radical (unpaired) electrons. The molecule has 0 bridgehead atoms. The first-order valence-electron chi connectivity index (χ1n) is 5.03. The lowest BCUT2D eigenvalue weighted by Crippen LogP contribution is -2.12. The summed E-state index contributed by atoms with van der Waals surface area (Å²) in [5, 5.41) is 3.21. The maximum absolute atomic E-state index is 5.38. The van der Waals surface area contributed by atoms with Crippen LogP contribution < -0.4 is 10.1 Å². The van der Waals surface area contributed by atoms with Crippen LogP contribution in [0.25, 0.3) is 0 Å². The second kappa shape index (κ2) is 4.90. The number of rotatable bonds is 3. The van der Waals surface area contributed by atoms with Gasteiger partial charge < -0.3 is 10.1 Å². The van der Waals surface area contributed by atoms with Gasteiger partial charge in [0.2, 0.25) is 0 Å². The van der Waals surface area contributed by atoms with Crippen LogP contribution in [0.2, 0.25) is 0 Å². The molecule has 1 rings (SSSR count). The van der Waals surface area contributed by atoms with Gasteiger partial charge in [-0.15, -0.1) is 0 Å². The zero-order valence-corrected chi connectivity index (χ0v) is 10.9. The van der Waals surface area contributed by atoms with Gasteiger partial charge in [0.05, 0.1) is 12.5 Å². The number of nitrogens with one attached hydrogen (secondary N) is 1. The van der Waals surface area contributed by atoms with Crippen LogP contribution in [-0.4, -0.2) is 14.2 Å². The molecule has 1 aromatic carbocycles. The van der Waals surface area contributed by atoms with E-state index in [1.807, 2.05) is 7.05 Å². The van der Waals surface area contributed by atoms with Gasteiger partial charge >= 0.3 is 0 Å². The second-order valence-electron chi connectivity index (χ2n) is 3.76. The maximum atomic E-state index is 5.38. The third-order valence-corrected chi connectivity index (χ3v) is 3.37. The molecule has 84 valence electrons. The number of hydrogen-bond donors (Lipinski definition) is 2. The van der Waals surface area contributed by atoms with Crippen molar-refractivity contribution in [3.63, 3.8) is 0 Å². The lowest BCUT2D eigenvalue weighted by atomic mass is 9.98. The molecule has 0 amide bonds. The van der Waals surface area contributed by atoms with Crippen LogP contribution in [0.15, 0.2) is 6.07 Å². The van der Waals surface area contributed by atoms with Crippen molar-refractivity contribution in [2.75, 3.05) is 14.2 Å². The van der Waals surface area contributed by atoms with E-state index in [9.17, 15) is 0 Å². The molecule has 0 saturated heterocycles. The third kappa shape index (κ3) is 2.29. The molecule has 1 N–H and O–H groups in total. The van der Waals surface area contributed by atoms with Crippen LogP contribution in [0.3, 0.4) is 0 Å². The fourth-order valence-corrected chi connectivity index (χ4v) is 2.11. The maximum Gasteiger partial charge on any atom is 0.124 e. The smallest absolute Gasteiger partial charge is 0.124 e. The molecule has 3 heteroatoms. The van der Waals surface area contributed by atoms with Gasteiger partial charge in [0, 0.05) is 0 Å². The molecule has 0 spiro atoms. The zero-order valence-electron chi connectivity index (χ0n) is 10.0. The summed E-state index contributed by atoms with van der Waals surface area (Å²) in [5.74, 6) is 0.980. The van der Waals surface area contributed by atoms with Crippen molar-refractivity contribution in [1.82, 2.24) is 5.32 Å². The standard InChI is InChI=1S/C12H19NOS/c1-7-6-10(12(15)13-4)8(2)9(3)11(7)14-5/h6,12-13,15H,1-5H3. The van der Waals surface area contributed by atoms with Gasteiger partial charge in [0.1, 0.15) is 5.75 Å². The fraction of sp³-hybridized carbons (Fsp3) is 0.500. The summed E-state index contributed by atoms with van der Waals surface area (Å²) >= 11 is 4.50. The van der Waals surface area contributed by atoms with Crippen LogP contribution in [0.5, 0.6) is 5.75 Å². The van der Waals surface area contributed by atoms with Crippen LogP contribution in [-0.2, 0) is 0 Å². The number of aryl methyl sites for hydroxylation is 1. The summed E-state index contributed by atoms with van der Waals surface area (Å²) in [6, 6.07) is 2.13. The van der Waals surface area contributed by atoms with E-state index in [4.69, 9.17) is 4.74 Å². The Balaban J connectivity index is 3.33. The molecule has 0 fully saturated rings. The Kier molecular flexibility index (Phi) is 4.05. The van der Waals surface area contributed by atoms with Crippen molar-refractivity contribution in [2.45, 2.75) is 26.1 Å². The van der Waals surface area contributed by atoms with E-state index < -0.39 is 0 Å². The molecule has 1 unspecified atom stereocenters. The van der Waals surface area contributed by atoms with E-state index in [1.54, 1.807) is 7.11 Å². The van der Waals surface area contributed by atoms with E-state index in [0.717, 1.165) is 11.3 Å². The average molecular weight is 225 g/mol. The predicted octanol–water partition coefficient (Wildman–Crippen LogP) is 2.77. The number of methoxy groups -OCH3 is 1. The molecule has 0 aromatic heterocycles. The highest BCUT2D eigenvalue weighted by atomic mass is 32.1. The number of hydrogen-bond acceptors (Lipinski definition) is 3. The normalized spacial score (nSPS) is 12.7. The van der Waals surface area contributed by atoms with Crippen molar-refractivity contribution in [1.29, 1.82) is 0 Å². The molecule has 0 aliphatic heterocycles. The highest BCUT2D eigenvalue weighted by Crippen LogP contribution is 2.32. The fourth-order valence-electron chi connectivity index (χ4n) is 1.84. The van der Waals surface area contributed by atoms with Crippen molar-refractivity contribution in [3.8, 4) is 5.75 Å². The number of thiol groups is 1. The Morgan fingerprint density at radius 1 is 1.27 bits per heavy atom. The minimum absolute atomic E-state index is 0.0771. The Bertz CT molecular complexity index is 363. The highest BCUT2D eigenvalue weighted by molar-refractivity contribution is 7.80. The molecule has 2 nitrogen and oxygen atoms in total. The lowest BCUT2D eigenvalue weighted by Gasteiger charge is -2.19. The van der Waals surface area contributed by atoms with Crippen molar-refractivity contribution in [2.24, 2.45) is 0 Å². The van der Waals surface area contributed by atoms with Crippen LogP contribution in [0.4, 0.5) is 0 Å². The minimum atomic E-state index is 0.0771. The largest absolute Gasteiger partial charge is 0.496 e. The van der Waals surface area contributed by atoms with E-state index in [0.29, 0.717) is 0 Å². The molecule has 0 saturated carbocycles. The van der Waals surface area contributed by atoms with Gasteiger partial charge in [-0.2, -0.15) is 12.6 Å². The van der Waals surface area contributed by atoms with E-state index >= 15 is 0 Å². The summed E-state index contributed by atoms with van der Waals surface area (Å²) in [4.78, 5) is 0. The van der Waals surface area contributed by atoms with Crippen molar-refractivity contribution >= 4 is 12.6 Å². The number of ether oxygens (including phenoxy) is 1. The highest BCUT2D eigenvalue weighted by Gasteiger charge is 2.14. The first-order valence-corrected chi connectivity index (χ1v) is 5.54. The first kappa shape index (κ1) is 12.4. The van der Waals surface area contributed by atoms with Crippen LogP contribution >= 0.6 is 12.6 Å². The number of benzene rings is 1. The van der Waals surface area contributed by atoms with Gasteiger partial charge in [-0.25, -0.2) is 0 Å². The molecule has 0 aliphatic rings. The average Bonchev–Trinajstić information content (AvgIpc) is 2.23. The summed E-state index contributed by atoms with van der Waals surface area (Å²) in [7, 11) is 3.62. The Labute approximate surface area is 97.4 Å². The quantitative estimate of drug-likeness (QED) is 0.610. The summed E-state index contributed by atoms with van der Waals surface area (Å²) in [6.07, 6.45) is 0. The molecule has 1 aromatic rings. The van der Waals surface area contributed by atoms with Crippen LogP contribution in [0, 0.1) is 20.8 Å². The Morgan fingerprint density at radius 3 is 2.33 bits per heavy atom. The zero-order chi connectivity index (χ0) is 11.6. The Hall–Kier alpha value is -0.670. The summed E-state index contributed by atoms with van der Waals surface area (Å²) in [6.45, 7) is 6.25. The minimum Gasteiger partial charge on any atom is -0.496 e. The molecule has 0 aliphatic carbocycles. The summed E-state index contributed by atoms with van der Waals surface area (Å²) in [5.41, 5.74) is 4.81. The molecular weight excluding hydrogens is 206 g/mol. The van der Waals surface area contributed by atoms with Gasteiger partial charge in [-0.3, -0.25) is 0 Å². The van der Waals surface area contributed by atoms with Gasteiger partial charge in [-0.1, -0.05) is 0 Å². The lowest BCUT2D eigenvalue weighted by molar-refractivity contribution is 0.408. The topological polar surface area (TPSA) is 21.3 Å². The molecule has 15 heavy (non-hydrogen) atoms. The van der Waals surface area contributed by atoms with E-state index in [-0.39, 0.29) is 5.37 Å². The molecule has 0 heterocycles. The predicted molar refractivity (Wildman–Crippen MR) is 68.0 cm³/mol. The van der Waals surface area contributed by atoms with E-state index in [1.165, 1.54) is 16.7 Å². The second-order valence-corrected chi connectivity index (χ2v) is 4.27. The summed E-state index contributed by atoms with van der Waals surface area (Å²) < 4.78 is 5.38. The van der Waals surface area contributed by atoms with E-state index in [2.05, 4.69) is 44.8 Å². The third-order valence-electron chi connectivity index (χ3n) is 2.84.